The van der Waals surface area contributed by atoms with Crippen molar-refractivity contribution in [1.82, 2.24) is 20.5 Å². The Balaban J connectivity index is 1.60. The summed E-state index contributed by atoms with van der Waals surface area (Å²) in [6.45, 7) is 2.35. The summed E-state index contributed by atoms with van der Waals surface area (Å²) in [6.07, 6.45) is 0. The molecule has 0 saturated heterocycles. The van der Waals surface area contributed by atoms with Crippen molar-refractivity contribution in [2.24, 2.45) is 0 Å². The largest absolute Gasteiger partial charge is 0.496 e. The van der Waals surface area contributed by atoms with Gasteiger partial charge in [-0.3, -0.25) is 9.89 Å². The normalized spacial score (nSPS) is 10.9. The minimum Gasteiger partial charge on any atom is -0.496 e. The molecule has 2 heterocycles. The van der Waals surface area contributed by atoms with Crippen molar-refractivity contribution in [1.29, 1.82) is 0 Å². The molecular formula is C28H23ClN4O2. The number of ether oxygens (including phenoxy) is 1. The van der Waals surface area contributed by atoms with Gasteiger partial charge < -0.3 is 10.1 Å². The first-order valence-corrected chi connectivity index (χ1v) is 11.5. The molecular weight excluding hydrogens is 460 g/mol. The van der Waals surface area contributed by atoms with Crippen molar-refractivity contribution < 1.29 is 9.53 Å². The van der Waals surface area contributed by atoms with Gasteiger partial charge in [-0.1, -0.05) is 71.8 Å². The minimum atomic E-state index is -0.228. The maximum absolute atomic E-state index is 13.6. The summed E-state index contributed by atoms with van der Waals surface area (Å²) in [5, 5.41) is 11.8. The number of aromatic amines is 1. The predicted octanol–water partition coefficient (Wildman–Crippen LogP) is 6.19. The standard InChI is InChI=1S/C28H23ClN4O2/c1-17-7-9-18(10-8-17)23-15-22(28(34)30-16-20-5-3-4-6-24(20)35-2)25-26(32-33-27(25)31-23)19-11-13-21(29)14-12-19/h3-15H,16H2,1-2H3,(H,30,34)(H,31,32,33). The molecule has 0 aliphatic rings. The number of halogens is 1. The van der Waals surface area contributed by atoms with Gasteiger partial charge in [0.2, 0.25) is 0 Å². The number of aryl methyl sites for hydroxylation is 1. The summed E-state index contributed by atoms with van der Waals surface area (Å²) in [5.41, 5.74) is 6.14. The summed E-state index contributed by atoms with van der Waals surface area (Å²) in [5.74, 6) is 0.492. The SMILES string of the molecule is COc1ccccc1CNC(=O)c1cc(-c2ccc(C)cc2)nc2n[nH]c(-c3ccc(Cl)cc3)c12. The fourth-order valence-corrected chi connectivity index (χ4v) is 4.15. The van der Waals surface area contributed by atoms with Gasteiger partial charge in [0.15, 0.2) is 5.65 Å². The molecule has 0 bridgehead atoms. The van der Waals surface area contributed by atoms with Gasteiger partial charge in [0.1, 0.15) is 5.75 Å². The molecule has 174 valence electrons. The zero-order valence-corrected chi connectivity index (χ0v) is 20.1. The van der Waals surface area contributed by atoms with E-state index in [-0.39, 0.29) is 5.91 Å². The molecule has 0 spiro atoms. The van der Waals surface area contributed by atoms with Crippen LogP contribution in [0.25, 0.3) is 33.5 Å². The van der Waals surface area contributed by atoms with Crippen molar-refractivity contribution in [2.45, 2.75) is 13.5 Å². The number of hydrogen-bond donors (Lipinski definition) is 2. The summed E-state index contributed by atoms with van der Waals surface area (Å²) in [6, 6.07) is 24.8. The second-order valence-corrected chi connectivity index (χ2v) is 8.66. The summed E-state index contributed by atoms with van der Waals surface area (Å²) in [4.78, 5) is 18.3. The highest BCUT2D eigenvalue weighted by Gasteiger charge is 2.20. The number of carbonyl (C=O) groups excluding carboxylic acids is 1. The number of methoxy groups -OCH3 is 1. The Bertz CT molecular complexity index is 1510. The van der Waals surface area contributed by atoms with Gasteiger partial charge in [0, 0.05) is 28.3 Å². The number of carbonyl (C=O) groups is 1. The van der Waals surface area contributed by atoms with Crippen molar-refractivity contribution in [3.63, 3.8) is 0 Å². The van der Waals surface area contributed by atoms with Crippen LogP contribution in [0.5, 0.6) is 5.75 Å². The van der Waals surface area contributed by atoms with Crippen LogP contribution >= 0.6 is 11.6 Å². The quantitative estimate of drug-likeness (QED) is 0.302. The first-order chi connectivity index (χ1) is 17.0. The van der Waals surface area contributed by atoms with Crippen LogP contribution in [0.3, 0.4) is 0 Å². The van der Waals surface area contributed by atoms with Gasteiger partial charge in [-0.25, -0.2) is 4.98 Å². The fraction of sp³-hybridized carbons (Fsp3) is 0.107. The molecule has 35 heavy (non-hydrogen) atoms. The Morgan fingerprint density at radius 1 is 1.00 bits per heavy atom. The van der Waals surface area contributed by atoms with Crippen LogP contribution < -0.4 is 10.1 Å². The van der Waals surface area contributed by atoms with Crippen LogP contribution in [-0.4, -0.2) is 28.2 Å². The van der Waals surface area contributed by atoms with E-state index in [2.05, 4.69) is 15.5 Å². The number of hydrogen-bond acceptors (Lipinski definition) is 4. The molecule has 0 aliphatic heterocycles. The second-order valence-electron chi connectivity index (χ2n) is 8.22. The van der Waals surface area contributed by atoms with Gasteiger partial charge in [-0.15, -0.1) is 0 Å². The van der Waals surface area contributed by atoms with Gasteiger partial charge in [-0.2, -0.15) is 5.10 Å². The maximum Gasteiger partial charge on any atom is 0.252 e. The number of nitrogens with zero attached hydrogens (tertiary/aromatic N) is 2. The third-order valence-corrected chi connectivity index (χ3v) is 6.13. The molecule has 5 rings (SSSR count). The Morgan fingerprint density at radius 3 is 2.46 bits per heavy atom. The Hall–Kier alpha value is -4.16. The lowest BCUT2D eigenvalue weighted by atomic mass is 10.0. The molecule has 0 unspecified atom stereocenters. The van der Waals surface area contributed by atoms with Gasteiger partial charge in [-0.05, 0) is 31.2 Å². The number of fused-ring (bicyclic) bond motifs is 1. The van der Waals surface area contributed by atoms with E-state index in [4.69, 9.17) is 21.3 Å². The molecule has 1 amide bonds. The lowest BCUT2D eigenvalue weighted by Crippen LogP contribution is -2.23. The van der Waals surface area contributed by atoms with Crippen molar-refractivity contribution in [3.05, 3.63) is 101 Å². The summed E-state index contributed by atoms with van der Waals surface area (Å²) < 4.78 is 5.43. The lowest BCUT2D eigenvalue weighted by molar-refractivity contribution is 0.0952. The van der Waals surface area contributed by atoms with Crippen LogP contribution in [0.2, 0.25) is 5.02 Å². The average molecular weight is 483 g/mol. The van der Waals surface area contributed by atoms with Crippen LogP contribution in [-0.2, 0) is 6.54 Å². The van der Waals surface area contributed by atoms with Crippen molar-refractivity contribution >= 4 is 28.5 Å². The maximum atomic E-state index is 13.6. The molecule has 0 saturated carbocycles. The third-order valence-electron chi connectivity index (χ3n) is 5.88. The van der Waals surface area contributed by atoms with Crippen LogP contribution in [0, 0.1) is 6.92 Å². The van der Waals surface area contributed by atoms with Crippen LogP contribution in [0.15, 0.2) is 78.9 Å². The Kier molecular flexibility index (Phi) is 6.21. The first-order valence-electron chi connectivity index (χ1n) is 11.2. The highest BCUT2D eigenvalue weighted by molar-refractivity contribution is 6.30. The second kappa shape index (κ2) is 9.60. The van der Waals surface area contributed by atoms with E-state index in [1.54, 1.807) is 19.2 Å². The topological polar surface area (TPSA) is 79.9 Å². The number of nitrogens with one attached hydrogen (secondary N) is 2. The van der Waals surface area contributed by atoms with Gasteiger partial charge in [0.25, 0.3) is 5.91 Å². The average Bonchev–Trinajstić information content (AvgIpc) is 3.32. The molecule has 7 heteroatoms. The van der Waals surface area contributed by atoms with Crippen LogP contribution in [0.1, 0.15) is 21.5 Å². The molecule has 6 nitrogen and oxygen atoms in total. The lowest BCUT2D eigenvalue weighted by Gasteiger charge is -2.12. The number of pyridine rings is 1. The van der Waals surface area contributed by atoms with Crippen LogP contribution in [0.4, 0.5) is 0 Å². The van der Waals surface area contributed by atoms with Gasteiger partial charge >= 0.3 is 0 Å². The fourth-order valence-electron chi connectivity index (χ4n) is 4.02. The van der Waals surface area contributed by atoms with Crippen molar-refractivity contribution in [3.8, 4) is 28.3 Å². The van der Waals surface area contributed by atoms with E-state index >= 15 is 0 Å². The molecule has 5 aromatic rings. The van der Waals surface area contributed by atoms with Gasteiger partial charge in [0.05, 0.1) is 29.4 Å². The van der Waals surface area contributed by atoms with E-state index in [1.807, 2.05) is 73.7 Å². The summed E-state index contributed by atoms with van der Waals surface area (Å²) >= 11 is 6.08. The van der Waals surface area contributed by atoms with E-state index < -0.39 is 0 Å². The molecule has 2 aromatic heterocycles. The third kappa shape index (κ3) is 4.61. The number of para-hydroxylation sites is 1. The molecule has 0 fully saturated rings. The van der Waals surface area contributed by atoms with Crippen molar-refractivity contribution in [2.75, 3.05) is 7.11 Å². The molecule has 3 aromatic carbocycles. The smallest absolute Gasteiger partial charge is 0.252 e. The number of benzene rings is 3. The Morgan fingerprint density at radius 2 is 1.71 bits per heavy atom. The highest BCUT2D eigenvalue weighted by atomic mass is 35.5. The van der Waals surface area contributed by atoms with E-state index in [9.17, 15) is 4.79 Å². The Labute approximate surface area is 207 Å². The number of amides is 1. The number of aromatic nitrogens is 3. The zero-order chi connectivity index (χ0) is 24.4. The first kappa shape index (κ1) is 22.6. The number of H-pyrrole nitrogens is 1. The molecule has 0 aliphatic carbocycles. The molecule has 0 radical (unpaired) electrons. The predicted molar refractivity (Wildman–Crippen MR) is 139 cm³/mol. The van der Waals surface area contributed by atoms with E-state index in [0.29, 0.717) is 39.6 Å². The zero-order valence-electron chi connectivity index (χ0n) is 19.3. The van der Waals surface area contributed by atoms with E-state index in [1.165, 1.54) is 0 Å². The molecule has 0 atom stereocenters. The summed E-state index contributed by atoms with van der Waals surface area (Å²) in [7, 11) is 1.62. The number of rotatable bonds is 6. The van der Waals surface area contributed by atoms with E-state index in [0.717, 1.165) is 28.0 Å². The minimum absolute atomic E-state index is 0.228. The molecule has 2 N–H and O–H groups in total. The highest BCUT2D eigenvalue weighted by Crippen LogP contribution is 2.32. The monoisotopic (exact) mass is 482 g/mol.